The number of anilines is 1. The number of hydrogen-bond donors (Lipinski definition) is 1. The van der Waals surface area contributed by atoms with Gasteiger partial charge in [-0.1, -0.05) is 114 Å². The van der Waals surface area contributed by atoms with Crippen molar-refractivity contribution in [3.63, 3.8) is 0 Å². The molecule has 0 spiro atoms. The lowest BCUT2D eigenvalue weighted by molar-refractivity contribution is -0.117. The molecule has 0 fully saturated rings. The Balaban J connectivity index is 1.44. The second-order valence-electron chi connectivity index (χ2n) is 9.59. The van der Waals surface area contributed by atoms with E-state index in [4.69, 9.17) is 27.9 Å². The molecule has 1 amide bonds. The fourth-order valence-electron chi connectivity index (χ4n) is 4.41. The van der Waals surface area contributed by atoms with E-state index in [1.54, 1.807) is 42.5 Å². The first-order chi connectivity index (χ1) is 20.9. The summed E-state index contributed by atoms with van der Waals surface area (Å²) in [5, 5.41) is 20.9. The molecule has 0 saturated carbocycles. The van der Waals surface area contributed by atoms with Gasteiger partial charge in [-0.25, -0.2) is 0 Å². The van der Waals surface area contributed by atoms with Gasteiger partial charge >= 0.3 is 0 Å². The molecule has 1 unspecified atom stereocenters. The number of aromatic nitrogens is 2. The first-order valence-corrected chi connectivity index (χ1v) is 16.1. The number of allylic oxidation sites excluding steroid dienone is 1. The molecular weight excluding hydrogens is 625 g/mol. The lowest BCUT2D eigenvalue weighted by Gasteiger charge is -2.24. The summed E-state index contributed by atoms with van der Waals surface area (Å²) in [5.74, 6) is -0.638. The number of hydrogen-bond acceptors (Lipinski definition) is 8. The lowest BCUT2D eigenvalue weighted by Crippen LogP contribution is -2.30. The molecule has 7 nitrogen and oxygen atoms in total. The van der Waals surface area contributed by atoms with Gasteiger partial charge in [0, 0.05) is 15.8 Å². The summed E-state index contributed by atoms with van der Waals surface area (Å²) in [5.41, 5.74) is 2.28. The first kappa shape index (κ1) is 30.8. The molecule has 5 rings (SSSR count). The van der Waals surface area contributed by atoms with Crippen LogP contribution in [0, 0.1) is 0 Å². The maximum absolute atomic E-state index is 13.5. The molecule has 220 valence electrons. The number of ketones is 1. The zero-order valence-electron chi connectivity index (χ0n) is 23.1. The maximum atomic E-state index is 13.5. The van der Waals surface area contributed by atoms with Gasteiger partial charge in [-0.15, -0.1) is 10.2 Å². The molecule has 1 aliphatic heterocycles. The Kier molecular flexibility index (Phi) is 10.2. The van der Waals surface area contributed by atoms with Crippen LogP contribution in [0.4, 0.5) is 5.13 Å². The fourth-order valence-corrected chi connectivity index (χ4v) is 6.84. The number of rotatable bonds is 12. The molecule has 0 radical (unpaired) electrons. The Hall–Kier alpha value is -3.63. The van der Waals surface area contributed by atoms with Crippen LogP contribution in [0.1, 0.15) is 42.5 Å². The Morgan fingerprint density at radius 2 is 1.86 bits per heavy atom. The summed E-state index contributed by atoms with van der Waals surface area (Å²) in [6, 6.07) is 20.9. The molecular formula is C32H27Cl2N3O4S2. The summed E-state index contributed by atoms with van der Waals surface area (Å²) in [7, 11) is 0. The molecule has 1 atom stereocenters. The van der Waals surface area contributed by atoms with E-state index >= 15 is 0 Å². The number of amides is 1. The molecule has 0 bridgehead atoms. The number of halogens is 2. The smallest absolute Gasteiger partial charge is 0.296 e. The van der Waals surface area contributed by atoms with Crippen molar-refractivity contribution in [1.82, 2.24) is 10.2 Å². The van der Waals surface area contributed by atoms with E-state index in [2.05, 4.69) is 17.1 Å². The molecule has 1 N–H and O–H groups in total. The van der Waals surface area contributed by atoms with Crippen molar-refractivity contribution in [2.75, 3.05) is 11.5 Å². The van der Waals surface area contributed by atoms with Gasteiger partial charge in [0.2, 0.25) is 5.13 Å². The van der Waals surface area contributed by atoms with Crippen molar-refractivity contribution >= 4 is 69.2 Å². The summed E-state index contributed by atoms with van der Waals surface area (Å²) in [6.45, 7) is 2.68. The molecule has 11 heteroatoms. The zero-order chi connectivity index (χ0) is 30.3. The summed E-state index contributed by atoms with van der Waals surface area (Å²) in [4.78, 5) is 28.4. The minimum Gasteiger partial charge on any atom is -0.503 e. The number of nitrogens with zero attached hydrogens (tertiary/aromatic N) is 3. The van der Waals surface area contributed by atoms with Crippen molar-refractivity contribution in [2.45, 2.75) is 35.9 Å². The molecule has 3 aromatic carbocycles. The van der Waals surface area contributed by atoms with E-state index in [9.17, 15) is 14.7 Å². The number of carbonyl (C=O) groups is 2. The minimum atomic E-state index is -0.915. The second kappa shape index (κ2) is 14.2. The highest BCUT2D eigenvalue weighted by atomic mass is 35.5. The van der Waals surface area contributed by atoms with Gasteiger partial charge in [0.25, 0.3) is 5.91 Å². The third-order valence-corrected chi connectivity index (χ3v) is 9.32. The highest BCUT2D eigenvalue weighted by molar-refractivity contribution is 8.00. The van der Waals surface area contributed by atoms with Gasteiger partial charge < -0.3 is 9.84 Å². The second-order valence-corrected chi connectivity index (χ2v) is 12.6. The molecule has 1 aliphatic rings. The highest BCUT2D eigenvalue weighted by Crippen LogP contribution is 2.44. The third kappa shape index (κ3) is 7.30. The Morgan fingerprint density at radius 1 is 1.09 bits per heavy atom. The summed E-state index contributed by atoms with van der Waals surface area (Å²) < 4.78 is 6.39. The Morgan fingerprint density at radius 3 is 2.58 bits per heavy atom. The molecule has 0 saturated heterocycles. The predicted octanol–water partition coefficient (Wildman–Crippen LogP) is 8.50. The Bertz CT molecular complexity index is 1670. The van der Waals surface area contributed by atoms with Crippen molar-refractivity contribution in [2.24, 2.45) is 0 Å². The number of aliphatic hydroxyl groups is 1. The quantitative estimate of drug-likeness (QED) is 0.0710. The monoisotopic (exact) mass is 651 g/mol. The van der Waals surface area contributed by atoms with E-state index in [0.29, 0.717) is 38.1 Å². The number of carbonyl (C=O) groups excluding carboxylic acids is 2. The van der Waals surface area contributed by atoms with Gasteiger partial charge in [-0.3, -0.25) is 14.5 Å². The number of aliphatic hydroxyl groups excluding tert-OH is 1. The van der Waals surface area contributed by atoms with E-state index < -0.39 is 23.5 Å². The normalized spacial score (nSPS) is 15.1. The predicted molar refractivity (Wildman–Crippen MR) is 173 cm³/mol. The molecule has 4 aromatic rings. The molecule has 1 aromatic heterocycles. The van der Waals surface area contributed by atoms with Crippen LogP contribution in [0.5, 0.6) is 5.75 Å². The first-order valence-electron chi connectivity index (χ1n) is 13.5. The van der Waals surface area contributed by atoms with E-state index in [0.717, 1.165) is 24.0 Å². The minimum absolute atomic E-state index is 0.0332. The van der Waals surface area contributed by atoms with Crippen LogP contribution in [-0.4, -0.2) is 33.6 Å². The van der Waals surface area contributed by atoms with Crippen LogP contribution in [0.15, 0.2) is 94.5 Å². The number of ether oxygens (including phenoxy) is 1. The van der Waals surface area contributed by atoms with Gasteiger partial charge in [0.1, 0.15) is 5.75 Å². The van der Waals surface area contributed by atoms with Crippen molar-refractivity contribution in [3.8, 4) is 5.75 Å². The highest BCUT2D eigenvalue weighted by Gasteiger charge is 2.45. The number of thioether (sulfide) groups is 1. The van der Waals surface area contributed by atoms with Crippen LogP contribution in [0.2, 0.25) is 10.0 Å². The SMILES string of the molecule is CCCCOc1ccc(C2C(C(=O)/C=C/c3ccccc3)=C(O)C(=O)N2c2nnc(SCc3ccc(Cl)cc3Cl)s2)cc1. The fraction of sp³-hybridized carbons (Fsp3) is 0.188. The van der Waals surface area contributed by atoms with Crippen molar-refractivity contribution in [1.29, 1.82) is 0 Å². The van der Waals surface area contributed by atoms with Crippen LogP contribution < -0.4 is 9.64 Å². The van der Waals surface area contributed by atoms with Gasteiger partial charge in [0.15, 0.2) is 15.9 Å². The van der Waals surface area contributed by atoms with Crippen LogP contribution in [0.25, 0.3) is 6.08 Å². The largest absolute Gasteiger partial charge is 0.503 e. The van der Waals surface area contributed by atoms with Crippen LogP contribution in [0.3, 0.4) is 0 Å². The van der Waals surface area contributed by atoms with Gasteiger partial charge in [0.05, 0.1) is 18.2 Å². The molecule has 2 heterocycles. The average molecular weight is 653 g/mol. The summed E-state index contributed by atoms with van der Waals surface area (Å²) in [6.07, 6.45) is 4.96. The molecule has 0 aliphatic carbocycles. The maximum Gasteiger partial charge on any atom is 0.296 e. The van der Waals surface area contributed by atoms with Crippen molar-refractivity contribution < 1.29 is 19.4 Å². The third-order valence-electron chi connectivity index (χ3n) is 6.63. The summed E-state index contributed by atoms with van der Waals surface area (Å²) >= 11 is 14.9. The lowest BCUT2D eigenvalue weighted by atomic mass is 9.95. The number of benzene rings is 3. The molecule has 43 heavy (non-hydrogen) atoms. The van der Waals surface area contributed by atoms with E-state index in [1.165, 1.54) is 34.1 Å². The standard InChI is InChI=1S/C32H27Cl2N3O4S2/c1-2-3-17-41-24-14-11-21(12-15-24)28-27(26(38)16-9-20-7-5-4-6-8-20)29(39)30(40)37(28)31-35-36-32(43-31)42-19-22-10-13-23(33)18-25(22)34/h4-16,18,28,39H,2-3,17,19H2,1H3/b16-9+. The van der Waals surface area contributed by atoms with Gasteiger partial charge in [-0.05, 0) is 53.5 Å². The number of unbranched alkanes of at least 4 members (excludes halogenated alkanes) is 1. The average Bonchev–Trinajstić information content (AvgIpc) is 3.58. The van der Waals surface area contributed by atoms with Crippen molar-refractivity contribution in [3.05, 3.63) is 117 Å². The van der Waals surface area contributed by atoms with Gasteiger partial charge in [-0.2, -0.15) is 0 Å². The Labute approximate surface area is 267 Å². The van der Waals surface area contributed by atoms with E-state index in [-0.39, 0.29) is 10.7 Å². The zero-order valence-corrected chi connectivity index (χ0v) is 26.2. The van der Waals surface area contributed by atoms with E-state index in [1.807, 2.05) is 36.4 Å². The van der Waals surface area contributed by atoms with Crippen LogP contribution in [-0.2, 0) is 15.3 Å². The topological polar surface area (TPSA) is 92.6 Å². The van der Waals surface area contributed by atoms with Crippen LogP contribution >= 0.6 is 46.3 Å².